The van der Waals surface area contributed by atoms with E-state index in [0.29, 0.717) is 34.3 Å². The molecule has 8 nitrogen and oxygen atoms in total. The van der Waals surface area contributed by atoms with Crippen LogP contribution >= 0.6 is 39.0 Å². The van der Waals surface area contributed by atoms with Crippen LogP contribution in [-0.4, -0.2) is 41.1 Å². The van der Waals surface area contributed by atoms with Crippen LogP contribution in [0, 0.1) is 0 Å². The molecule has 0 atom stereocenters. The molecule has 2 heterocycles. The number of fused-ring (bicyclic) bond motifs is 3. The molecule has 2 aromatic heterocycles. The number of amides is 1. The van der Waals surface area contributed by atoms with Crippen molar-refractivity contribution in [2.45, 2.75) is 37.8 Å². The van der Waals surface area contributed by atoms with Gasteiger partial charge in [-0.25, -0.2) is 10.4 Å². The Morgan fingerprint density at radius 2 is 2.00 bits per heavy atom. The van der Waals surface area contributed by atoms with E-state index in [9.17, 15) is 9.59 Å². The number of nitrogens with zero attached hydrogens (tertiary/aromatic N) is 3. The van der Waals surface area contributed by atoms with Crippen molar-refractivity contribution < 1.29 is 14.3 Å². The summed E-state index contributed by atoms with van der Waals surface area (Å²) in [6.07, 6.45) is 5.64. The molecule has 1 N–H and O–H groups in total. The van der Waals surface area contributed by atoms with Gasteiger partial charge in [0.2, 0.25) is 0 Å². The molecular weight excluding hydrogens is 600 g/mol. The lowest BCUT2D eigenvalue weighted by molar-refractivity contribution is -0.118. The largest absolute Gasteiger partial charge is 0.493 e. The fourth-order valence-electron chi connectivity index (χ4n) is 4.48. The highest BCUT2D eigenvalue weighted by Crippen LogP contribution is 2.35. The zero-order valence-electron chi connectivity index (χ0n) is 21.5. The molecule has 0 saturated heterocycles. The van der Waals surface area contributed by atoms with E-state index in [2.05, 4.69) is 26.5 Å². The number of halogens is 1. The second-order valence-corrected chi connectivity index (χ2v) is 11.8. The summed E-state index contributed by atoms with van der Waals surface area (Å²) in [6.45, 7) is 2.44. The summed E-state index contributed by atoms with van der Waals surface area (Å²) in [5.74, 6) is 0.968. The summed E-state index contributed by atoms with van der Waals surface area (Å²) < 4.78 is 13.4. The van der Waals surface area contributed by atoms with E-state index in [1.807, 2.05) is 37.3 Å². The van der Waals surface area contributed by atoms with Crippen LogP contribution in [0.25, 0.3) is 15.9 Å². The maximum Gasteiger partial charge on any atom is 0.267 e. The summed E-state index contributed by atoms with van der Waals surface area (Å²) in [5, 5.41) is 5.27. The van der Waals surface area contributed by atoms with Crippen molar-refractivity contribution in [3.8, 4) is 17.2 Å². The van der Waals surface area contributed by atoms with Gasteiger partial charge in [-0.3, -0.25) is 14.2 Å². The number of hydrogen-bond donors (Lipinski definition) is 1. The lowest BCUT2D eigenvalue weighted by Crippen LogP contribution is -2.24. The number of nitrogens with one attached hydrogen (secondary N) is 1. The average molecular weight is 628 g/mol. The molecule has 0 fully saturated rings. The number of ether oxygens (including phenoxy) is 2. The smallest absolute Gasteiger partial charge is 0.267 e. The Bertz CT molecular complexity index is 1600. The van der Waals surface area contributed by atoms with Gasteiger partial charge in [0.15, 0.2) is 16.7 Å². The van der Waals surface area contributed by atoms with Crippen molar-refractivity contribution in [2.24, 2.45) is 5.10 Å². The molecule has 0 saturated carbocycles. The summed E-state index contributed by atoms with van der Waals surface area (Å²) in [6, 6.07) is 12.9. The minimum absolute atomic E-state index is 0.0451. The molecule has 0 bridgehead atoms. The highest BCUT2D eigenvalue weighted by atomic mass is 79.9. The molecule has 202 valence electrons. The zero-order chi connectivity index (χ0) is 27.4. The van der Waals surface area contributed by atoms with Gasteiger partial charge < -0.3 is 9.47 Å². The van der Waals surface area contributed by atoms with Crippen molar-refractivity contribution in [3.63, 3.8) is 0 Å². The number of benzene rings is 2. The van der Waals surface area contributed by atoms with Crippen LogP contribution in [0.4, 0.5) is 0 Å². The third kappa shape index (κ3) is 6.05. The fraction of sp³-hybridized carbons (Fsp3) is 0.286. The standard InChI is InChI=1S/C28H27BrN4O4S2/c1-3-37-21-13-8-17(14-22(21)36-2)15-30-32-24(34)16-38-28-31-26-25(20-6-4-5-7-23(20)39-26)27(35)33(28)19-11-9-18(29)10-12-19/h8-15H,3-7,16H2,1-2H3,(H,32,34). The SMILES string of the molecule is CCOc1ccc(C=NNC(=O)CSc2nc3sc4c(c3c(=O)n2-c2ccc(Br)cc2)CCCC4)cc1OC. The monoisotopic (exact) mass is 626 g/mol. The molecule has 0 aliphatic heterocycles. The van der Waals surface area contributed by atoms with Crippen LogP contribution < -0.4 is 20.5 Å². The number of rotatable bonds is 9. The number of thioether (sulfide) groups is 1. The lowest BCUT2D eigenvalue weighted by Gasteiger charge is -2.13. The first kappa shape index (κ1) is 27.4. The van der Waals surface area contributed by atoms with Gasteiger partial charge in [0, 0.05) is 9.35 Å². The Hall–Kier alpha value is -3.15. The molecule has 1 amide bonds. The molecule has 2 aromatic carbocycles. The number of aryl methyl sites for hydroxylation is 2. The molecule has 0 unspecified atom stereocenters. The van der Waals surface area contributed by atoms with Crippen molar-refractivity contribution in [1.29, 1.82) is 0 Å². The van der Waals surface area contributed by atoms with Gasteiger partial charge >= 0.3 is 0 Å². The van der Waals surface area contributed by atoms with Crippen molar-refractivity contribution >= 4 is 61.4 Å². The van der Waals surface area contributed by atoms with Crippen LogP contribution in [-0.2, 0) is 17.6 Å². The van der Waals surface area contributed by atoms with E-state index in [1.165, 1.54) is 16.6 Å². The molecule has 4 aromatic rings. The number of aromatic nitrogens is 2. The zero-order valence-corrected chi connectivity index (χ0v) is 24.7. The van der Waals surface area contributed by atoms with Crippen LogP contribution in [0.3, 0.4) is 0 Å². The second kappa shape index (κ2) is 12.4. The van der Waals surface area contributed by atoms with Gasteiger partial charge in [0.1, 0.15) is 4.83 Å². The van der Waals surface area contributed by atoms with E-state index in [1.54, 1.807) is 41.4 Å². The minimum atomic E-state index is -0.309. The quantitative estimate of drug-likeness (QED) is 0.110. The van der Waals surface area contributed by atoms with Gasteiger partial charge in [-0.1, -0.05) is 27.7 Å². The minimum Gasteiger partial charge on any atom is -0.493 e. The van der Waals surface area contributed by atoms with Crippen molar-refractivity contribution in [2.75, 3.05) is 19.5 Å². The van der Waals surface area contributed by atoms with E-state index in [-0.39, 0.29) is 17.2 Å². The fourth-order valence-corrected chi connectivity index (χ4v) is 6.85. The van der Waals surface area contributed by atoms with Crippen molar-refractivity contribution in [3.05, 3.63) is 73.3 Å². The maximum atomic E-state index is 13.8. The number of methoxy groups -OCH3 is 1. The molecule has 0 radical (unpaired) electrons. The summed E-state index contributed by atoms with van der Waals surface area (Å²) in [4.78, 5) is 33.3. The topological polar surface area (TPSA) is 94.8 Å². The Balaban J connectivity index is 1.36. The first-order chi connectivity index (χ1) is 19.0. The van der Waals surface area contributed by atoms with E-state index in [0.717, 1.165) is 46.1 Å². The number of carbonyl (C=O) groups excluding carboxylic acids is 1. The Morgan fingerprint density at radius 1 is 1.21 bits per heavy atom. The third-order valence-corrected chi connectivity index (χ3v) is 8.92. The average Bonchev–Trinajstić information content (AvgIpc) is 3.32. The highest BCUT2D eigenvalue weighted by molar-refractivity contribution is 9.10. The molecule has 39 heavy (non-hydrogen) atoms. The summed E-state index contributed by atoms with van der Waals surface area (Å²) >= 11 is 6.27. The summed E-state index contributed by atoms with van der Waals surface area (Å²) in [7, 11) is 1.57. The van der Waals surface area contributed by atoms with Crippen LogP contribution in [0.15, 0.2) is 62.0 Å². The lowest BCUT2D eigenvalue weighted by atomic mass is 9.97. The molecular formula is C28H27BrN4O4S2. The predicted octanol–water partition coefficient (Wildman–Crippen LogP) is 5.74. The molecule has 1 aliphatic carbocycles. The maximum absolute atomic E-state index is 13.8. The first-order valence-electron chi connectivity index (χ1n) is 12.6. The van der Waals surface area contributed by atoms with Crippen LogP contribution in [0.1, 0.15) is 35.8 Å². The number of hydrogen-bond acceptors (Lipinski definition) is 8. The van der Waals surface area contributed by atoms with E-state index in [4.69, 9.17) is 14.5 Å². The molecule has 11 heteroatoms. The Morgan fingerprint density at radius 3 is 2.77 bits per heavy atom. The Kier molecular flexibility index (Phi) is 8.69. The molecule has 1 aliphatic rings. The van der Waals surface area contributed by atoms with Crippen molar-refractivity contribution in [1.82, 2.24) is 15.0 Å². The second-order valence-electron chi connectivity index (χ2n) is 8.83. The van der Waals surface area contributed by atoms with Crippen LogP contribution in [0.5, 0.6) is 11.5 Å². The number of hydrazone groups is 1. The molecule has 0 spiro atoms. The number of thiophene rings is 1. The van der Waals surface area contributed by atoms with E-state index >= 15 is 0 Å². The Labute approximate surface area is 242 Å². The first-order valence-corrected chi connectivity index (χ1v) is 15.2. The van der Waals surface area contributed by atoms with Gasteiger partial charge in [-0.2, -0.15) is 5.10 Å². The number of carbonyl (C=O) groups is 1. The van der Waals surface area contributed by atoms with Gasteiger partial charge in [0.25, 0.3) is 11.5 Å². The normalized spacial score (nSPS) is 13.0. The van der Waals surface area contributed by atoms with Gasteiger partial charge in [-0.15, -0.1) is 11.3 Å². The van der Waals surface area contributed by atoms with E-state index < -0.39 is 0 Å². The van der Waals surface area contributed by atoms with Gasteiger partial charge in [0.05, 0.1) is 36.8 Å². The molecule has 5 rings (SSSR count). The van der Waals surface area contributed by atoms with Crippen LogP contribution in [0.2, 0.25) is 0 Å². The predicted molar refractivity (Wildman–Crippen MR) is 160 cm³/mol. The highest BCUT2D eigenvalue weighted by Gasteiger charge is 2.23. The third-order valence-electron chi connectivity index (χ3n) is 6.27. The van der Waals surface area contributed by atoms with Gasteiger partial charge in [-0.05, 0) is 86.2 Å². The summed E-state index contributed by atoms with van der Waals surface area (Å²) in [5.41, 5.74) is 5.06.